The van der Waals surface area contributed by atoms with Crippen LogP contribution < -0.4 is 5.56 Å². The van der Waals surface area contributed by atoms with E-state index in [4.69, 9.17) is 4.74 Å². The van der Waals surface area contributed by atoms with Gasteiger partial charge >= 0.3 is 0 Å². The van der Waals surface area contributed by atoms with Gasteiger partial charge in [-0.3, -0.25) is 9.36 Å². The van der Waals surface area contributed by atoms with E-state index in [1.54, 1.807) is 16.7 Å². The molecule has 0 N–H and O–H groups in total. The molecule has 1 aromatic heterocycles. The zero-order chi connectivity index (χ0) is 18.8. The summed E-state index contributed by atoms with van der Waals surface area (Å²) in [7, 11) is 0. The van der Waals surface area contributed by atoms with Gasteiger partial charge in [0.25, 0.3) is 5.56 Å². The van der Waals surface area contributed by atoms with Gasteiger partial charge in [0.1, 0.15) is 0 Å². The molecule has 1 aliphatic rings. The van der Waals surface area contributed by atoms with Gasteiger partial charge in [0.05, 0.1) is 23.6 Å². The third-order valence-electron chi connectivity index (χ3n) is 4.59. The maximum atomic E-state index is 13.5. The van der Waals surface area contributed by atoms with Crippen LogP contribution in [0.2, 0.25) is 0 Å². The van der Waals surface area contributed by atoms with Crippen LogP contribution in [-0.2, 0) is 17.0 Å². The van der Waals surface area contributed by atoms with Crippen LogP contribution in [0, 0.1) is 11.6 Å². The predicted octanol–water partition coefficient (Wildman–Crippen LogP) is 4.15. The van der Waals surface area contributed by atoms with Crippen molar-refractivity contribution in [1.29, 1.82) is 0 Å². The highest BCUT2D eigenvalue weighted by molar-refractivity contribution is 7.98. The monoisotopic (exact) mass is 388 g/mol. The number of ether oxygens (including phenoxy) is 1. The number of hydrogen-bond acceptors (Lipinski definition) is 4. The predicted molar refractivity (Wildman–Crippen MR) is 101 cm³/mol. The molecule has 1 saturated heterocycles. The minimum absolute atomic E-state index is 0.00622. The number of aromatic nitrogens is 2. The van der Waals surface area contributed by atoms with Crippen molar-refractivity contribution in [1.82, 2.24) is 9.55 Å². The fraction of sp³-hybridized carbons (Fsp3) is 0.300. The lowest BCUT2D eigenvalue weighted by molar-refractivity contribution is 0.0937. The first-order chi connectivity index (χ1) is 13.1. The van der Waals surface area contributed by atoms with Gasteiger partial charge in [-0.2, -0.15) is 0 Å². The van der Waals surface area contributed by atoms with Crippen LogP contribution >= 0.6 is 11.8 Å². The summed E-state index contributed by atoms with van der Waals surface area (Å²) in [6.45, 7) is 1.15. The minimum Gasteiger partial charge on any atom is -0.376 e. The SMILES string of the molecule is O=c1c2ccccc2nc(SCc2ccc(F)c(F)c2)n1CC1CCCO1. The summed E-state index contributed by atoms with van der Waals surface area (Å²) in [6, 6.07) is 11.0. The molecule has 27 heavy (non-hydrogen) atoms. The second-order valence-corrected chi connectivity index (χ2v) is 7.44. The zero-order valence-corrected chi connectivity index (χ0v) is 15.3. The number of hydrogen-bond donors (Lipinski definition) is 0. The highest BCUT2D eigenvalue weighted by atomic mass is 32.2. The topological polar surface area (TPSA) is 44.1 Å². The average Bonchev–Trinajstić information content (AvgIpc) is 3.18. The van der Waals surface area contributed by atoms with Gasteiger partial charge in [-0.05, 0) is 42.7 Å². The van der Waals surface area contributed by atoms with Crippen molar-refractivity contribution in [3.63, 3.8) is 0 Å². The van der Waals surface area contributed by atoms with Gasteiger partial charge in [-0.1, -0.05) is 30.0 Å². The van der Waals surface area contributed by atoms with E-state index < -0.39 is 11.6 Å². The van der Waals surface area contributed by atoms with Gasteiger partial charge in [0.2, 0.25) is 0 Å². The molecule has 140 valence electrons. The van der Waals surface area contributed by atoms with Gasteiger partial charge in [-0.15, -0.1) is 0 Å². The molecule has 2 aromatic carbocycles. The quantitative estimate of drug-likeness (QED) is 0.487. The molecule has 3 aromatic rings. The lowest BCUT2D eigenvalue weighted by atomic mass is 10.2. The number of halogens is 2. The molecule has 0 aliphatic carbocycles. The van der Waals surface area contributed by atoms with Crippen LogP contribution in [0.25, 0.3) is 10.9 Å². The molecule has 0 bridgehead atoms. The van der Waals surface area contributed by atoms with E-state index in [0.29, 0.717) is 40.5 Å². The first kappa shape index (κ1) is 18.1. The molecule has 0 spiro atoms. The average molecular weight is 388 g/mol. The van der Waals surface area contributed by atoms with E-state index >= 15 is 0 Å². The zero-order valence-electron chi connectivity index (χ0n) is 14.5. The van der Waals surface area contributed by atoms with Crippen LogP contribution in [0.1, 0.15) is 18.4 Å². The van der Waals surface area contributed by atoms with Crippen LogP contribution in [0.4, 0.5) is 8.78 Å². The Kier molecular flexibility index (Phi) is 5.22. The van der Waals surface area contributed by atoms with Crippen molar-refractivity contribution >= 4 is 22.7 Å². The van der Waals surface area contributed by atoms with Crippen molar-refractivity contribution in [2.45, 2.75) is 36.4 Å². The third kappa shape index (κ3) is 3.89. The fourth-order valence-corrected chi connectivity index (χ4v) is 4.14. The van der Waals surface area contributed by atoms with Crippen LogP contribution in [0.5, 0.6) is 0 Å². The summed E-state index contributed by atoms with van der Waals surface area (Å²) in [5.41, 5.74) is 1.15. The lowest BCUT2D eigenvalue weighted by Crippen LogP contribution is -2.28. The molecule has 1 atom stereocenters. The first-order valence-electron chi connectivity index (χ1n) is 8.80. The summed E-state index contributed by atoms with van der Waals surface area (Å²) in [4.78, 5) is 17.6. The molecule has 7 heteroatoms. The van der Waals surface area contributed by atoms with Crippen molar-refractivity contribution in [3.05, 3.63) is 70.0 Å². The summed E-state index contributed by atoms with van der Waals surface area (Å²) < 4.78 is 33.9. The molecule has 1 aliphatic heterocycles. The molecule has 4 nitrogen and oxygen atoms in total. The Morgan fingerprint density at radius 2 is 2.04 bits per heavy atom. The van der Waals surface area contributed by atoms with Crippen molar-refractivity contribution in [2.24, 2.45) is 0 Å². The minimum atomic E-state index is -0.878. The molecule has 0 saturated carbocycles. The molecule has 1 fully saturated rings. The summed E-state index contributed by atoms with van der Waals surface area (Å²) in [5.74, 6) is -1.37. The molecule has 2 heterocycles. The van der Waals surface area contributed by atoms with E-state index in [1.807, 2.05) is 12.1 Å². The Hall–Kier alpha value is -2.25. The largest absolute Gasteiger partial charge is 0.376 e. The number of nitrogens with zero attached hydrogens (tertiary/aromatic N) is 2. The van der Waals surface area contributed by atoms with Crippen molar-refractivity contribution < 1.29 is 13.5 Å². The van der Waals surface area contributed by atoms with Crippen LogP contribution in [0.15, 0.2) is 52.4 Å². The number of thioether (sulfide) groups is 1. The number of para-hydroxylation sites is 1. The van der Waals surface area contributed by atoms with Gasteiger partial charge in [-0.25, -0.2) is 13.8 Å². The Morgan fingerprint density at radius 1 is 1.19 bits per heavy atom. The molecular weight excluding hydrogens is 370 g/mol. The van der Waals surface area contributed by atoms with Gasteiger partial charge in [0.15, 0.2) is 16.8 Å². The maximum Gasteiger partial charge on any atom is 0.262 e. The summed E-state index contributed by atoms with van der Waals surface area (Å²) >= 11 is 1.33. The van der Waals surface area contributed by atoms with Gasteiger partial charge in [0, 0.05) is 12.4 Å². The Balaban J connectivity index is 1.68. The first-order valence-corrected chi connectivity index (χ1v) is 9.78. The maximum absolute atomic E-state index is 13.5. The highest BCUT2D eigenvalue weighted by Crippen LogP contribution is 2.24. The fourth-order valence-electron chi connectivity index (χ4n) is 3.19. The van der Waals surface area contributed by atoms with Crippen molar-refractivity contribution in [2.75, 3.05) is 6.61 Å². The Labute approximate surface area is 159 Å². The second kappa shape index (κ2) is 7.78. The molecular formula is C20H18F2N2O2S. The summed E-state index contributed by atoms with van der Waals surface area (Å²) in [5, 5.41) is 1.12. The smallest absolute Gasteiger partial charge is 0.262 e. The van der Waals surface area contributed by atoms with E-state index in [9.17, 15) is 13.6 Å². The Morgan fingerprint density at radius 3 is 2.81 bits per heavy atom. The number of benzene rings is 2. The van der Waals surface area contributed by atoms with E-state index in [-0.39, 0.29) is 11.7 Å². The Bertz CT molecular complexity index is 1030. The third-order valence-corrected chi connectivity index (χ3v) is 5.64. The number of rotatable bonds is 5. The summed E-state index contributed by atoms with van der Waals surface area (Å²) in [6.07, 6.45) is 1.89. The standard InChI is InChI=1S/C20H18F2N2O2S/c21-16-8-7-13(10-17(16)22)12-27-20-23-18-6-2-1-5-15(18)19(25)24(20)11-14-4-3-9-26-14/h1-2,5-8,10,14H,3-4,9,11-12H2. The molecule has 1 unspecified atom stereocenters. The molecule has 0 radical (unpaired) electrons. The van der Waals surface area contributed by atoms with E-state index in [0.717, 1.165) is 18.9 Å². The highest BCUT2D eigenvalue weighted by Gasteiger charge is 2.20. The van der Waals surface area contributed by atoms with Crippen LogP contribution in [-0.4, -0.2) is 22.3 Å². The molecule has 4 rings (SSSR count). The second-order valence-electron chi connectivity index (χ2n) is 6.50. The van der Waals surface area contributed by atoms with Crippen molar-refractivity contribution in [3.8, 4) is 0 Å². The van der Waals surface area contributed by atoms with E-state index in [1.165, 1.54) is 23.9 Å². The number of fused-ring (bicyclic) bond motifs is 1. The normalized spacial score (nSPS) is 16.9. The van der Waals surface area contributed by atoms with Crippen LogP contribution in [0.3, 0.4) is 0 Å². The molecule has 0 amide bonds. The van der Waals surface area contributed by atoms with E-state index in [2.05, 4.69) is 4.98 Å². The van der Waals surface area contributed by atoms with Gasteiger partial charge < -0.3 is 4.74 Å². The lowest BCUT2D eigenvalue weighted by Gasteiger charge is -2.16.